The maximum absolute atomic E-state index is 13.3. The van der Waals surface area contributed by atoms with Gasteiger partial charge >= 0.3 is 59.1 Å². The van der Waals surface area contributed by atoms with Crippen LogP contribution in [-0.4, -0.2) is 60.9 Å². The Morgan fingerprint density at radius 1 is 0.696 bits per heavy atom. The van der Waals surface area contributed by atoms with Crippen molar-refractivity contribution in [2.45, 2.75) is 6.92 Å². The van der Waals surface area contributed by atoms with Gasteiger partial charge in [0.2, 0.25) is 5.78 Å². The second kappa shape index (κ2) is 18.0. The minimum atomic E-state index is -4.93. The maximum Gasteiger partial charge on any atom is 1.00 e. The number of para-hydroxylation sites is 1. The summed E-state index contributed by atoms with van der Waals surface area (Å²) in [5, 5.41) is 34.5. The summed E-state index contributed by atoms with van der Waals surface area (Å²) >= 11 is 0. The van der Waals surface area contributed by atoms with Gasteiger partial charge in [-0.25, -0.2) is 4.99 Å². The van der Waals surface area contributed by atoms with Gasteiger partial charge in [0.05, 0.1) is 28.8 Å². The molecule has 0 fully saturated rings. The van der Waals surface area contributed by atoms with E-state index < -0.39 is 59.2 Å². The number of carbonyl (C=O) groups excluding carboxylic acids is 2. The molecule has 3 aromatic rings. The van der Waals surface area contributed by atoms with E-state index in [0.717, 1.165) is 24.3 Å². The molecule has 56 heavy (non-hydrogen) atoms. The Labute approximate surface area is 363 Å². The fraction of sp³-hybridized carbons (Fsp3) is 0.0286. The van der Waals surface area contributed by atoms with Gasteiger partial charge in [-0.3, -0.25) is 34.5 Å². The number of ketones is 2. The fourth-order valence-electron chi connectivity index (χ4n) is 5.23. The third kappa shape index (κ3) is 10.5. The summed E-state index contributed by atoms with van der Waals surface area (Å²) in [6, 6.07) is 17.3. The Kier molecular flexibility index (Phi) is 14.1. The zero-order valence-corrected chi connectivity index (χ0v) is 35.2. The van der Waals surface area contributed by atoms with Crippen molar-refractivity contribution in [1.29, 1.82) is 0 Å². The standard InChI is InChI=1S/C35H27N7O10S2.2Na/c1-19(43)36-22-7-9-24(10-8-22)39-41-29-18-28-21(15-31(29)53(47,48)49)14-26(17-30(28)44)38-35(46)37-25-11-12-27-20(13-25)16-32(54(50,51)52)33(34(27)45)42-40-23-5-3-2-4-6-23;;/h2-18,39-40H,1H3,(H,36,43)(H2,37,38,46)(H,47,48,49)(H,50,51,52);;/q;2*+1/p-2/b41-29+,42-33-;;. The van der Waals surface area contributed by atoms with E-state index in [2.05, 4.69) is 36.4 Å². The van der Waals surface area contributed by atoms with Gasteiger partial charge in [-0.1, -0.05) is 18.2 Å². The molecule has 0 saturated carbocycles. The number of nitrogens with one attached hydrogen (secondary N) is 3. The summed E-state index contributed by atoms with van der Waals surface area (Å²) in [6.07, 6.45) is 5.39. The van der Waals surface area contributed by atoms with Crippen LogP contribution >= 0.6 is 0 Å². The number of anilines is 3. The van der Waals surface area contributed by atoms with Crippen LogP contribution in [0.5, 0.6) is 0 Å². The number of hydrogen-bond donors (Lipinski definition) is 5. The summed E-state index contributed by atoms with van der Waals surface area (Å²) in [6.45, 7) is 1.29. The molecule has 0 bridgehead atoms. The van der Waals surface area contributed by atoms with Crippen molar-refractivity contribution in [2.75, 3.05) is 16.2 Å². The normalized spacial score (nSPS) is 17.2. The van der Waals surface area contributed by atoms with Crippen LogP contribution in [0.2, 0.25) is 0 Å². The van der Waals surface area contributed by atoms with Crippen molar-refractivity contribution in [3.63, 3.8) is 0 Å². The first-order chi connectivity index (χ1) is 25.5. The molecule has 6 rings (SSSR count). The zero-order valence-electron chi connectivity index (χ0n) is 29.6. The average molecular weight is 814 g/mol. The molecule has 3 aromatic carbocycles. The quantitative estimate of drug-likeness (QED) is 0.0467. The van der Waals surface area contributed by atoms with Gasteiger partial charge in [-0.15, -0.1) is 0 Å². The molecule has 5 N–H and O–H groups in total. The van der Waals surface area contributed by atoms with E-state index in [4.69, 9.17) is 0 Å². The first-order valence-corrected chi connectivity index (χ1v) is 18.3. The number of allylic oxidation sites excluding steroid dienone is 8. The molecule has 17 nitrogen and oxygen atoms in total. The van der Waals surface area contributed by atoms with E-state index in [1.807, 2.05) is 0 Å². The van der Waals surface area contributed by atoms with Gasteiger partial charge < -0.3 is 15.5 Å². The number of rotatable bonds is 9. The van der Waals surface area contributed by atoms with E-state index in [-0.39, 0.29) is 98.5 Å². The summed E-state index contributed by atoms with van der Waals surface area (Å²) < 4.78 is 68.8. The molecule has 0 atom stereocenters. The zero-order chi connectivity index (χ0) is 38.8. The van der Waals surface area contributed by atoms with Crippen LogP contribution in [0.4, 0.5) is 22.7 Å². The molecule has 0 unspecified atom stereocenters. The topological polar surface area (TPSA) is 275 Å². The molecule has 0 amide bonds. The third-order valence-corrected chi connectivity index (χ3v) is 9.33. The van der Waals surface area contributed by atoms with Crippen LogP contribution in [0.15, 0.2) is 144 Å². The number of aliphatic imine (C=N–C) groups is 2. The van der Waals surface area contributed by atoms with Crippen molar-refractivity contribution in [3.05, 3.63) is 135 Å². The van der Waals surface area contributed by atoms with Crippen LogP contribution in [0.3, 0.4) is 0 Å². The minimum Gasteiger partial charge on any atom is -0.862 e. The molecule has 0 aromatic heterocycles. The number of nitrogens with zero attached hydrogens (tertiary/aromatic N) is 4. The summed E-state index contributed by atoms with van der Waals surface area (Å²) in [5.74, 6) is -1.89. The molecule has 274 valence electrons. The molecule has 3 aliphatic rings. The number of Topliss-reactive ketones (excluding diaryl/α,β-unsaturated/α-hetero) is 1. The van der Waals surface area contributed by atoms with E-state index in [0.29, 0.717) is 17.1 Å². The molecule has 0 spiro atoms. The monoisotopic (exact) mass is 813 g/mol. The van der Waals surface area contributed by atoms with Crippen molar-refractivity contribution in [3.8, 4) is 0 Å². The van der Waals surface area contributed by atoms with Gasteiger partial charge in [0.1, 0.15) is 15.5 Å². The Balaban J connectivity index is 0.00000348. The minimum absolute atomic E-state index is 0. The number of hydrazone groups is 2. The molecule has 0 radical (unpaired) electrons. The Hall–Kier alpha value is -4.80. The first-order valence-electron chi connectivity index (χ1n) is 15.4. The van der Waals surface area contributed by atoms with E-state index >= 15 is 0 Å². The predicted octanol–water partition coefficient (Wildman–Crippen LogP) is -3.30. The average Bonchev–Trinajstić information content (AvgIpc) is 3.10. The largest absolute Gasteiger partial charge is 1.00 e. The van der Waals surface area contributed by atoms with Gasteiger partial charge in [0, 0.05) is 22.9 Å². The second-order valence-electron chi connectivity index (χ2n) is 11.5. The number of amidine groups is 1. The number of carbonyl (C=O) groups is 2. The molecule has 21 heteroatoms. The number of fused-ring (bicyclic) bond motifs is 2. The van der Waals surface area contributed by atoms with Crippen LogP contribution in [0, 0.1) is 0 Å². The van der Waals surface area contributed by atoms with Gasteiger partial charge in [0.25, 0.3) is 20.2 Å². The smallest absolute Gasteiger partial charge is 0.862 e. The van der Waals surface area contributed by atoms with Crippen molar-refractivity contribution >= 4 is 84.0 Å². The first kappa shape index (κ1) is 43.9. The Bertz CT molecular complexity index is 2630. The molecular formula is C35H25N7Na2O10S2. The summed E-state index contributed by atoms with van der Waals surface area (Å²) in [7, 11) is -9.81. The van der Waals surface area contributed by atoms with Gasteiger partial charge in [0.15, 0.2) is 11.5 Å². The molecule has 0 saturated heterocycles. The van der Waals surface area contributed by atoms with Crippen molar-refractivity contribution < 1.29 is 105 Å². The van der Waals surface area contributed by atoms with E-state index in [1.165, 1.54) is 55.5 Å². The fourth-order valence-corrected chi connectivity index (χ4v) is 6.53. The maximum atomic E-state index is 13.3. The van der Waals surface area contributed by atoms with Crippen LogP contribution in [0.25, 0.3) is 6.08 Å². The third-order valence-electron chi connectivity index (χ3n) is 7.58. The second-order valence-corrected chi connectivity index (χ2v) is 14.2. The molecular weight excluding hydrogens is 789 g/mol. The number of hydrogen-bond acceptors (Lipinski definition) is 14. The number of benzene rings is 3. The summed E-state index contributed by atoms with van der Waals surface area (Å²) in [4.78, 5) is 32.5. The van der Waals surface area contributed by atoms with Crippen molar-refractivity contribution in [1.82, 2.24) is 0 Å². The Morgan fingerprint density at radius 2 is 1.32 bits per heavy atom. The van der Waals surface area contributed by atoms with Gasteiger partial charge in [-0.05, 0) is 103 Å². The van der Waals surface area contributed by atoms with Crippen LogP contribution in [-0.2, 0) is 25.0 Å². The van der Waals surface area contributed by atoms with Crippen LogP contribution < -0.4 is 85.5 Å². The SMILES string of the molecule is CC([O-])=Nc1ccc(N/N=C2\C=C3C(=O)C=C(N=C([O-])Nc4ccc5c(c4)C=C(S(=O)(=O)O)/C(=N/Nc4ccccc4)C5=O)C=C3C=C2S(=O)(=O)O)cc1.[Na+].[Na+]. The molecule has 3 aliphatic carbocycles. The van der Waals surface area contributed by atoms with E-state index in [1.54, 1.807) is 30.3 Å². The molecule has 0 aliphatic heterocycles. The van der Waals surface area contributed by atoms with E-state index in [9.17, 15) is 45.7 Å². The van der Waals surface area contributed by atoms with Crippen molar-refractivity contribution in [2.24, 2.45) is 20.2 Å². The molecule has 0 heterocycles. The predicted molar refractivity (Wildman–Crippen MR) is 198 cm³/mol. The Morgan fingerprint density at radius 3 is 1.96 bits per heavy atom. The summed E-state index contributed by atoms with van der Waals surface area (Å²) in [5.41, 5.74) is 5.46. The van der Waals surface area contributed by atoms with Crippen LogP contribution in [0.1, 0.15) is 22.8 Å². The van der Waals surface area contributed by atoms with Gasteiger partial charge in [-0.2, -0.15) is 27.0 Å².